The molecule has 1 fully saturated rings. The number of hydrogen-bond donors (Lipinski definition) is 4. The van der Waals surface area contributed by atoms with Gasteiger partial charge < -0.3 is 31.1 Å². The number of carbonyl (C=O) groups is 2. The summed E-state index contributed by atoms with van der Waals surface area (Å²) >= 11 is 12.1. The summed E-state index contributed by atoms with van der Waals surface area (Å²) in [6.45, 7) is 4.75. The maximum Gasteiger partial charge on any atom is 0.261 e. The molecule has 0 saturated carbocycles. The van der Waals surface area contributed by atoms with Crippen LogP contribution >= 0.6 is 23.2 Å². The van der Waals surface area contributed by atoms with Crippen molar-refractivity contribution in [3.05, 3.63) is 58.1 Å². The van der Waals surface area contributed by atoms with Gasteiger partial charge in [-0.2, -0.15) is 0 Å². The molecule has 0 aliphatic carbocycles. The summed E-state index contributed by atoms with van der Waals surface area (Å²) in [4.78, 5) is 27.1. The normalized spacial score (nSPS) is 16.7. The van der Waals surface area contributed by atoms with E-state index in [9.17, 15) is 14.7 Å². The molecule has 8 nitrogen and oxygen atoms in total. The first-order valence-corrected chi connectivity index (χ1v) is 12.3. The Bertz CT molecular complexity index is 1010. The van der Waals surface area contributed by atoms with Crippen molar-refractivity contribution in [2.24, 2.45) is 0 Å². The van der Waals surface area contributed by atoms with Gasteiger partial charge in [0, 0.05) is 25.2 Å². The quantitative estimate of drug-likeness (QED) is 0.356. The fraction of sp³-hybridized carbons (Fsp3) is 0.440. The number of β-amino-alcohol motifs (C(OH)–C–C–N with tert-alkyl or cyclic N) is 1. The third-order valence-corrected chi connectivity index (χ3v) is 6.57. The lowest BCUT2D eigenvalue weighted by atomic mass is 10.0. The van der Waals surface area contributed by atoms with E-state index < -0.39 is 17.7 Å². The number of nitrogens with two attached hydrogens (primary N) is 1. The van der Waals surface area contributed by atoms with Crippen molar-refractivity contribution in [3.63, 3.8) is 0 Å². The molecule has 1 heterocycles. The second kappa shape index (κ2) is 11.9. The Labute approximate surface area is 215 Å². The average Bonchev–Trinajstić information content (AvgIpc) is 3.33. The molecule has 35 heavy (non-hydrogen) atoms. The van der Waals surface area contributed by atoms with Crippen LogP contribution in [0.25, 0.3) is 0 Å². The van der Waals surface area contributed by atoms with E-state index in [4.69, 9.17) is 33.7 Å². The molecule has 3 rings (SSSR count). The van der Waals surface area contributed by atoms with Gasteiger partial charge in [0.15, 0.2) is 6.61 Å². The van der Waals surface area contributed by atoms with E-state index in [0.717, 1.165) is 6.42 Å². The van der Waals surface area contributed by atoms with E-state index >= 15 is 0 Å². The number of rotatable bonds is 10. The molecule has 10 heteroatoms. The van der Waals surface area contributed by atoms with Gasteiger partial charge >= 0.3 is 0 Å². The number of benzene rings is 2. The number of para-hydroxylation sites is 1. The van der Waals surface area contributed by atoms with Gasteiger partial charge in [-0.3, -0.25) is 9.59 Å². The number of nitrogens with one attached hydrogen (secondary N) is 2. The predicted octanol–water partition coefficient (Wildman–Crippen LogP) is 3.16. The lowest BCUT2D eigenvalue weighted by Gasteiger charge is -2.30. The third-order valence-electron chi connectivity index (χ3n) is 5.95. The van der Waals surface area contributed by atoms with Crippen LogP contribution in [0, 0.1) is 0 Å². The molecule has 5 N–H and O–H groups in total. The zero-order valence-corrected chi connectivity index (χ0v) is 21.4. The average molecular weight is 523 g/mol. The monoisotopic (exact) mass is 522 g/mol. The minimum Gasteiger partial charge on any atom is -0.484 e. The van der Waals surface area contributed by atoms with Crippen molar-refractivity contribution < 1.29 is 19.4 Å². The molecule has 2 amide bonds. The van der Waals surface area contributed by atoms with Crippen LogP contribution < -0.4 is 21.1 Å². The van der Waals surface area contributed by atoms with Crippen LogP contribution in [-0.2, 0) is 9.59 Å². The number of hydrogen-bond acceptors (Lipinski definition) is 6. The number of nitrogen functional groups attached to an aromatic ring is 1. The Morgan fingerprint density at radius 2 is 1.89 bits per heavy atom. The van der Waals surface area contributed by atoms with Crippen LogP contribution in [-0.4, -0.2) is 59.6 Å². The van der Waals surface area contributed by atoms with Crippen molar-refractivity contribution in [2.75, 3.05) is 32.0 Å². The van der Waals surface area contributed by atoms with Crippen LogP contribution in [0.4, 0.5) is 5.69 Å². The Balaban J connectivity index is 1.48. The summed E-state index contributed by atoms with van der Waals surface area (Å²) < 4.78 is 5.55. The first kappa shape index (κ1) is 27.1. The molecule has 0 aromatic heterocycles. The lowest BCUT2D eigenvalue weighted by Crippen LogP contribution is -2.54. The molecular formula is C25H32Cl2N4O4. The van der Waals surface area contributed by atoms with E-state index in [0.29, 0.717) is 30.8 Å². The molecule has 2 atom stereocenters. The molecule has 1 unspecified atom stereocenters. The van der Waals surface area contributed by atoms with Crippen molar-refractivity contribution in [2.45, 2.75) is 44.4 Å². The fourth-order valence-corrected chi connectivity index (χ4v) is 4.36. The highest BCUT2D eigenvalue weighted by Crippen LogP contribution is 2.31. The van der Waals surface area contributed by atoms with Crippen molar-refractivity contribution in [1.82, 2.24) is 15.5 Å². The molecule has 0 radical (unpaired) electrons. The lowest BCUT2D eigenvalue weighted by molar-refractivity contribution is -0.140. The van der Waals surface area contributed by atoms with Gasteiger partial charge in [0.25, 0.3) is 5.91 Å². The number of halogens is 2. The Kier molecular flexibility index (Phi) is 9.24. The topological polar surface area (TPSA) is 117 Å². The minimum absolute atomic E-state index is 0.113. The number of likely N-dealkylation sites (tertiary alicyclic amines) is 1. The van der Waals surface area contributed by atoms with Crippen molar-refractivity contribution in [1.29, 1.82) is 0 Å². The van der Waals surface area contributed by atoms with Crippen LogP contribution in [0.3, 0.4) is 0 Å². The van der Waals surface area contributed by atoms with Gasteiger partial charge in [0.1, 0.15) is 11.8 Å². The van der Waals surface area contributed by atoms with E-state index in [1.54, 1.807) is 29.2 Å². The van der Waals surface area contributed by atoms with Crippen molar-refractivity contribution in [3.8, 4) is 5.75 Å². The van der Waals surface area contributed by atoms with E-state index in [-0.39, 0.29) is 40.7 Å². The number of aliphatic hydroxyl groups excluding tert-OH is 1. The number of carbonyl (C=O) groups excluding carboxylic acids is 2. The van der Waals surface area contributed by atoms with Crippen LogP contribution in [0.2, 0.25) is 10.0 Å². The molecule has 0 bridgehead atoms. The molecule has 1 saturated heterocycles. The highest BCUT2D eigenvalue weighted by Gasteiger charge is 2.34. The first-order valence-electron chi connectivity index (χ1n) is 11.5. The number of aliphatic hydroxyl groups is 1. The summed E-state index contributed by atoms with van der Waals surface area (Å²) in [5.74, 6) is 0.190. The third kappa shape index (κ3) is 7.48. The highest BCUT2D eigenvalue weighted by atomic mass is 35.5. The Hall–Kier alpha value is -2.52. The Morgan fingerprint density at radius 3 is 2.54 bits per heavy atom. The van der Waals surface area contributed by atoms with Gasteiger partial charge in [0.05, 0.1) is 21.8 Å². The number of amides is 2. The number of anilines is 1. The maximum atomic E-state index is 12.9. The summed E-state index contributed by atoms with van der Waals surface area (Å²) in [7, 11) is 0. The van der Waals surface area contributed by atoms with Crippen LogP contribution in [0.5, 0.6) is 5.75 Å². The zero-order valence-electron chi connectivity index (χ0n) is 19.9. The van der Waals surface area contributed by atoms with Gasteiger partial charge in [-0.25, -0.2) is 0 Å². The van der Waals surface area contributed by atoms with Gasteiger partial charge in [-0.05, 0) is 56.5 Å². The summed E-state index contributed by atoms with van der Waals surface area (Å²) in [6.07, 6.45) is 0.497. The first-order chi connectivity index (χ1) is 16.6. The second-order valence-electron chi connectivity index (χ2n) is 9.24. The summed E-state index contributed by atoms with van der Waals surface area (Å²) in [6, 6.07) is 11.7. The maximum absolute atomic E-state index is 12.9. The number of ether oxygens (including phenoxy) is 1. The molecule has 1 aliphatic rings. The van der Waals surface area contributed by atoms with E-state index in [1.807, 2.05) is 32.0 Å². The second-order valence-corrected chi connectivity index (χ2v) is 10.1. The summed E-state index contributed by atoms with van der Waals surface area (Å²) in [5.41, 5.74) is 6.04. The van der Waals surface area contributed by atoms with E-state index in [1.165, 1.54) is 0 Å². The standard InChI is InChI=1S/C25H32Cl2N4O4/c1-25(2,30-13-21(32)16-11-18(26)23(28)19(27)12-16)15-29-24(34)20-9-6-10-31(20)22(33)14-35-17-7-4-3-5-8-17/h3-5,7-8,11-12,20-21,30,32H,6,9-10,13-15,28H2,1-2H3,(H,29,34)/t20-,21?/m0/s1. The predicted molar refractivity (Wildman–Crippen MR) is 138 cm³/mol. The van der Waals surface area contributed by atoms with Gasteiger partial charge in [-0.15, -0.1) is 0 Å². The van der Waals surface area contributed by atoms with Crippen LogP contribution in [0.15, 0.2) is 42.5 Å². The molecule has 0 spiro atoms. The largest absolute Gasteiger partial charge is 0.484 e. The van der Waals surface area contributed by atoms with Crippen molar-refractivity contribution >= 4 is 40.7 Å². The smallest absolute Gasteiger partial charge is 0.261 e. The fourth-order valence-electron chi connectivity index (χ4n) is 3.86. The molecular weight excluding hydrogens is 491 g/mol. The van der Waals surface area contributed by atoms with Gasteiger partial charge in [-0.1, -0.05) is 41.4 Å². The molecule has 2 aromatic rings. The SMILES string of the molecule is CC(C)(CNC(=O)[C@@H]1CCCN1C(=O)COc1ccccc1)NCC(O)c1cc(Cl)c(N)c(Cl)c1. The van der Waals surface area contributed by atoms with E-state index in [2.05, 4.69) is 10.6 Å². The molecule has 1 aliphatic heterocycles. The Morgan fingerprint density at radius 1 is 1.23 bits per heavy atom. The number of nitrogens with zero attached hydrogens (tertiary/aromatic N) is 1. The van der Waals surface area contributed by atoms with Crippen LogP contribution in [0.1, 0.15) is 38.4 Å². The molecule has 190 valence electrons. The highest BCUT2D eigenvalue weighted by molar-refractivity contribution is 6.38. The minimum atomic E-state index is -0.867. The zero-order chi connectivity index (χ0) is 25.6. The molecule has 2 aromatic carbocycles. The van der Waals surface area contributed by atoms with Gasteiger partial charge in [0.2, 0.25) is 5.91 Å². The summed E-state index contributed by atoms with van der Waals surface area (Å²) in [5, 5.41) is 17.3.